The van der Waals surface area contributed by atoms with Crippen molar-refractivity contribution < 1.29 is 9.53 Å². The normalized spacial score (nSPS) is 20.1. The highest BCUT2D eigenvalue weighted by molar-refractivity contribution is 6.02. The van der Waals surface area contributed by atoms with Crippen molar-refractivity contribution >= 4 is 24.0 Å². The number of aromatic nitrogens is 2. The number of benzene rings is 1. The van der Waals surface area contributed by atoms with Crippen molar-refractivity contribution in [3.05, 3.63) is 47.8 Å². The molecule has 1 aromatic carbocycles. The van der Waals surface area contributed by atoms with Gasteiger partial charge in [0.15, 0.2) is 5.69 Å². The maximum atomic E-state index is 12.5. The van der Waals surface area contributed by atoms with Crippen molar-refractivity contribution in [3.8, 4) is 0 Å². The smallest absolute Gasteiger partial charge is 0.276 e. The maximum absolute atomic E-state index is 12.5. The van der Waals surface area contributed by atoms with Crippen LogP contribution in [-0.2, 0) is 11.2 Å². The lowest BCUT2D eigenvalue weighted by molar-refractivity contribution is 0.0384. The van der Waals surface area contributed by atoms with Crippen molar-refractivity contribution in [2.45, 2.75) is 25.3 Å². The van der Waals surface area contributed by atoms with E-state index >= 15 is 0 Å². The molecule has 4 rings (SSSR count). The van der Waals surface area contributed by atoms with Crippen molar-refractivity contribution in [1.82, 2.24) is 20.0 Å². The number of morpholine rings is 1. The van der Waals surface area contributed by atoms with Crippen molar-refractivity contribution in [3.63, 3.8) is 0 Å². The maximum Gasteiger partial charge on any atom is 0.276 e. The lowest BCUT2D eigenvalue weighted by Crippen LogP contribution is -2.37. The number of halogens is 1. The van der Waals surface area contributed by atoms with Gasteiger partial charge >= 0.3 is 0 Å². The van der Waals surface area contributed by atoms with Crippen molar-refractivity contribution in [1.29, 1.82) is 0 Å². The second-order valence-corrected chi connectivity index (χ2v) is 7.54. The Morgan fingerprint density at radius 3 is 2.72 bits per heavy atom. The molecule has 1 atom stereocenters. The fourth-order valence-corrected chi connectivity index (χ4v) is 3.78. The van der Waals surface area contributed by atoms with Gasteiger partial charge in [0.1, 0.15) is 0 Å². The average Bonchev–Trinajstić information content (AvgIpc) is 3.25. The van der Waals surface area contributed by atoms with E-state index in [2.05, 4.69) is 32.8 Å². The molecule has 0 aliphatic carbocycles. The Kier molecular flexibility index (Phi) is 8.06. The summed E-state index contributed by atoms with van der Waals surface area (Å²) >= 11 is 0. The molecular formula is C21H30ClN5O2. The minimum absolute atomic E-state index is 0. The molecule has 7 nitrogen and oxygen atoms in total. The van der Waals surface area contributed by atoms with Gasteiger partial charge in [0.25, 0.3) is 5.91 Å². The van der Waals surface area contributed by atoms with Crippen LogP contribution < -0.4 is 10.6 Å². The van der Waals surface area contributed by atoms with Gasteiger partial charge in [-0.15, -0.1) is 12.4 Å². The second-order valence-electron chi connectivity index (χ2n) is 7.54. The lowest BCUT2D eigenvalue weighted by atomic mass is 10.1. The van der Waals surface area contributed by atoms with E-state index in [4.69, 9.17) is 4.74 Å². The summed E-state index contributed by atoms with van der Waals surface area (Å²) in [6.07, 6.45) is 5.15. The molecule has 29 heavy (non-hydrogen) atoms. The molecule has 0 saturated carbocycles. The largest absolute Gasteiger partial charge is 0.379 e. The Hall–Kier alpha value is -1.93. The van der Waals surface area contributed by atoms with Crippen LogP contribution in [0.5, 0.6) is 0 Å². The summed E-state index contributed by atoms with van der Waals surface area (Å²) in [4.78, 5) is 14.9. The quantitative estimate of drug-likeness (QED) is 0.752. The molecule has 1 unspecified atom stereocenters. The Morgan fingerprint density at radius 2 is 2.00 bits per heavy atom. The molecule has 8 heteroatoms. The number of carbonyl (C=O) groups is 1. The molecule has 2 N–H and O–H groups in total. The zero-order chi connectivity index (χ0) is 19.2. The summed E-state index contributed by atoms with van der Waals surface area (Å²) in [5.41, 5.74) is 2.54. The number of ether oxygens (including phenoxy) is 1. The number of hydrogen-bond donors (Lipinski definition) is 2. The van der Waals surface area contributed by atoms with Crippen LogP contribution in [0.1, 0.15) is 34.9 Å². The molecule has 1 amide bonds. The van der Waals surface area contributed by atoms with Gasteiger partial charge in [-0.25, -0.2) is 0 Å². The zero-order valence-electron chi connectivity index (χ0n) is 16.7. The molecule has 0 radical (unpaired) electrons. The molecule has 2 aromatic rings. The minimum atomic E-state index is -0.163. The van der Waals surface area contributed by atoms with E-state index in [0.717, 1.165) is 70.9 Å². The fraction of sp³-hybridized carbons (Fsp3) is 0.524. The third-order valence-corrected chi connectivity index (χ3v) is 5.52. The highest BCUT2D eigenvalue weighted by Crippen LogP contribution is 2.17. The van der Waals surface area contributed by atoms with Gasteiger partial charge in [0.2, 0.25) is 0 Å². The average molecular weight is 420 g/mol. The standard InChI is InChI=1S/C21H29N5O2.ClH/c27-21(20-8-11-26(24-20)19-2-1-9-22-16-19)23-18-5-3-17(4-6-18)7-10-25-12-14-28-15-13-25;/h3-6,8,11,19,22H,1-2,7,9-10,12-16H2,(H,23,27);1H. The summed E-state index contributed by atoms with van der Waals surface area (Å²) in [6.45, 7) is 6.70. The first-order valence-corrected chi connectivity index (χ1v) is 10.2. The number of piperidine rings is 1. The number of carbonyl (C=O) groups excluding carboxylic acids is 1. The number of hydrogen-bond acceptors (Lipinski definition) is 5. The minimum Gasteiger partial charge on any atom is -0.379 e. The van der Waals surface area contributed by atoms with Crippen LogP contribution >= 0.6 is 12.4 Å². The first-order valence-electron chi connectivity index (χ1n) is 10.2. The van der Waals surface area contributed by atoms with E-state index in [1.54, 1.807) is 6.07 Å². The molecule has 158 valence electrons. The summed E-state index contributed by atoms with van der Waals surface area (Å²) in [6, 6.07) is 10.2. The number of anilines is 1. The Labute approximate surface area is 178 Å². The van der Waals surface area contributed by atoms with Crippen LogP contribution in [0.3, 0.4) is 0 Å². The zero-order valence-corrected chi connectivity index (χ0v) is 17.5. The molecular weight excluding hydrogens is 390 g/mol. The molecule has 1 aromatic heterocycles. The molecule has 2 fully saturated rings. The monoisotopic (exact) mass is 419 g/mol. The van der Waals surface area contributed by atoms with Gasteiger partial charge in [-0.1, -0.05) is 12.1 Å². The van der Waals surface area contributed by atoms with Crippen LogP contribution in [0, 0.1) is 0 Å². The van der Waals surface area contributed by atoms with Crippen LogP contribution in [-0.4, -0.2) is 66.5 Å². The third kappa shape index (κ3) is 6.02. The number of rotatable bonds is 6. The van der Waals surface area contributed by atoms with Gasteiger partial charge in [0, 0.05) is 38.1 Å². The first-order chi connectivity index (χ1) is 13.8. The van der Waals surface area contributed by atoms with Crippen LogP contribution in [0.4, 0.5) is 5.69 Å². The van der Waals surface area contributed by atoms with E-state index in [0.29, 0.717) is 11.7 Å². The van der Waals surface area contributed by atoms with Gasteiger partial charge in [-0.2, -0.15) is 5.10 Å². The predicted octanol–water partition coefficient (Wildman–Crippen LogP) is 2.36. The number of nitrogens with one attached hydrogen (secondary N) is 2. The van der Waals surface area contributed by atoms with Gasteiger partial charge in [0.05, 0.1) is 19.3 Å². The SMILES string of the molecule is Cl.O=C(Nc1ccc(CCN2CCOCC2)cc1)c1ccn(C2CCCNC2)n1. The van der Waals surface area contributed by atoms with E-state index in [-0.39, 0.29) is 18.3 Å². The van der Waals surface area contributed by atoms with Crippen molar-refractivity contribution in [2.24, 2.45) is 0 Å². The molecule has 2 aliphatic rings. The van der Waals surface area contributed by atoms with Gasteiger partial charge in [-0.05, 0) is 49.6 Å². The predicted molar refractivity (Wildman–Crippen MR) is 116 cm³/mol. The van der Waals surface area contributed by atoms with Gasteiger partial charge in [-0.3, -0.25) is 14.4 Å². The summed E-state index contributed by atoms with van der Waals surface area (Å²) in [7, 11) is 0. The van der Waals surface area contributed by atoms with Crippen LogP contribution in [0.2, 0.25) is 0 Å². The topological polar surface area (TPSA) is 71.4 Å². The van der Waals surface area contributed by atoms with Crippen LogP contribution in [0.15, 0.2) is 36.5 Å². The Bertz CT molecular complexity index is 768. The summed E-state index contributed by atoms with van der Waals surface area (Å²) < 4.78 is 7.30. The highest BCUT2D eigenvalue weighted by atomic mass is 35.5. The summed E-state index contributed by atoms with van der Waals surface area (Å²) in [5.74, 6) is -0.163. The first kappa shape index (κ1) is 21.8. The van der Waals surface area contributed by atoms with E-state index in [1.807, 2.05) is 23.0 Å². The fourth-order valence-electron chi connectivity index (χ4n) is 3.78. The van der Waals surface area contributed by atoms with Crippen molar-refractivity contribution in [2.75, 3.05) is 51.3 Å². The van der Waals surface area contributed by atoms with E-state index in [1.165, 1.54) is 5.56 Å². The summed E-state index contributed by atoms with van der Waals surface area (Å²) in [5, 5.41) is 10.8. The third-order valence-electron chi connectivity index (χ3n) is 5.52. The Morgan fingerprint density at radius 1 is 1.21 bits per heavy atom. The second kappa shape index (κ2) is 10.7. The van der Waals surface area contributed by atoms with Gasteiger partial charge < -0.3 is 15.4 Å². The van der Waals surface area contributed by atoms with E-state index < -0.39 is 0 Å². The molecule has 0 spiro atoms. The molecule has 2 aliphatic heterocycles. The number of nitrogens with zero attached hydrogens (tertiary/aromatic N) is 3. The highest BCUT2D eigenvalue weighted by Gasteiger charge is 2.18. The number of amides is 1. The lowest BCUT2D eigenvalue weighted by Gasteiger charge is -2.26. The molecule has 0 bridgehead atoms. The molecule has 2 saturated heterocycles. The van der Waals surface area contributed by atoms with Crippen LogP contribution in [0.25, 0.3) is 0 Å². The van der Waals surface area contributed by atoms with E-state index in [9.17, 15) is 4.79 Å². The molecule has 3 heterocycles. The Balaban J connectivity index is 0.00000240.